The zero-order chi connectivity index (χ0) is 29.4. The fraction of sp³-hybridized carbons (Fsp3) is 0.212. The number of anilines is 1. The summed E-state index contributed by atoms with van der Waals surface area (Å²) in [6, 6.07) is 20.6. The molecule has 6 rings (SSSR count). The molecule has 0 atom stereocenters. The number of para-hydroxylation sites is 1. The van der Waals surface area contributed by atoms with Gasteiger partial charge in [0.1, 0.15) is 5.00 Å². The van der Waals surface area contributed by atoms with Crippen molar-refractivity contribution >= 4 is 51.9 Å². The summed E-state index contributed by atoms with van der Waals surface area (Å²) < 4.78 is 2.10. The maximum absolute atomic E-state index is 13.7. The molecule has 1 fully saturated rings. The lowest BCUT2D eigenvalue weighted by molar-refractivity contribution is -0.123. The van der Waals surface area contributed by atoms with Crippen LogP contribution in [0.3, 0.4) is 0 Å². The Bertz CT molecular complexity index is 1810. The molecular formula is C33H28N4O3S2. The van der Waals surface area contributed by atoms with Crippen LogP contribution in [-0.4, -0.2) is 26.5 Å². The molecule has 1 aliphatic heterocycles. The van der Waals surface area contributed by atoms with Gasteiger partial charge in [0.05, 0.1) is 28.6 Å². The van der Waals surface area contributed by atoms with E-state index in [-0.39, 0.29) is 23.6 Å². The molecule has 7 nitrogen and oxygen atoms in total. The van der Waals surface area contributed by atoms with Crippen LogP contribution in [0.4, 0.5) is 10.5 Å². The molecule has 0 bridgehead atoms. The first-order valence-electron chi connectivity index (χ1n) is 13.8. The number of aryl methyl sites for hydroxylation is 2. The van der Waals surface area contributed by atoms with Gasteiger partial charge in [-0.1, -0.05) is 36.4 Å². The van der Waals surface area contributed by atoms with Crippen molar-refractivity contribution < 1.29 is 14.4 Å². The Labute approximate surface area is 252 Å². The van der Waals surface area contributed by atoms with Crippen LogP contribution in [-0.2, 0) is 24.2 Å². The van der Waals surface area contributed by atoms with Crippen molar-refractivity contribution in [3.8, 4) is 11.1 Å². The standard InChI is InChI=1S/C33H28N4O3S2/c1-20-16-24(17-28-31(39)36(33(40)42-28)19-23-11-7-6-10-22(23)18-34)21(2)37(20)32-29(26-14-8-9-15-27(26)41-32)30(38)35-25-12-4-3-5-13-25/h3-7,10-13,16-17H,8-9,14-15,19H2,1-2H3,(H,35,38)/b28-17+. The number of thiophene rings is 1. The molecule has 1 aliphatic carbocycles. The Morgan fingerprint density at radius 3 is 2.57 bits per heavy atom. The van der Waals surface area contributed by atoms with E-state index in [0.29, 0.717) is 21.6 Å². The van der Waals surface area contributed by atoms with Crippen LogP contribution in [0.15, 0.2) is 65.6 Å². The van der Waals surface area contributed by atoms with Gasteiger partial charge in [0, 0.05) is 22.0 Å². The number of hydrogen-bond acceptors (Lipinski definition) is 6. The Kier molecular flexibility index (Phi) is 7.58. The number of nitrogens with one attached hydrogen (secondary N) is 1. The summed E-state index contributed by atoms with van der Waals surface area (Å²) in [6.45, 7) is 4.02. The number of nitrogens with zero attached hydrogens (tertiary/aromatic N) is 3. The van der Waals surface area contributed by atoms with Gasteiger partial charge < -0.3 is 9.88 Å². The van der Waals surface area contributed by atoms with Crippen molar-refractivity contribution in [2.75, 3.05) is 5.32 Å². The van der Waals surface area contributed by atoms with E-state index >= 15 is 0 Å². The van der Waals surface area contributed by atoms with Crippen molar-refractivity contribution in [1.82, 2.24) is 9.47 Å². The summed E-state index contributed by atoms with van der Waals surface area (Å²) >= 11 is 2.57. The second kappa shape index (κ2) is 11.5. The van der Waals surface area contributed by atoms with Gasteiger partial charge >= 0.3 is 0 Å². The summed E-state index contributed by atoms with van der Waals surface area (Å²) in [4.78, 5) is 42.7. The number of hydrogen-bond donors (Lipinski definition) is 1. The van der Waals surface area contributed by atoms with Crippen molar-refractivity contribution in [2.45, 2.75) is 46.1 Å². The fourth-order valence-corrected chi connectivity index (χ4v) is 7.95. The van der Waals surface area contributed by atoms with E-state index in [0.717, 1.165) is 70.6 Å². The Morgan fingerprint density at radius 2 is 1.79 bits per heavy atom. The molecule has 2 aliphatic rings. The topological polar surface area (TPSA) is 95.2 Å². The van der Waals surface area contributed by atoms with Gasteiger partial charge in [-0.25, -0.2) is 0 Å². The van der Waals surface area contributed by atoms with E-state index in [4.69, 9.17) is 0 Å². The average molecular weight is 593 g/mol. The van der Waals surface area contributed by atoms with Gasteiger partial charge in [0.15, 0.2) is 0 Å². The lowest BCUT2D eigenvalue weighted by Gasteiger charge is -2.14. The van der Waals surface area contributed by atoms with Crippen molar-refractivity contribution in [1.29, 1.82) is 5.26 Å². The highest BCUT2D eigenvalue weighted by atomic mass is 32.2. The van der Waals surface area contributed by atoms with E-state index in [2.05, 4.69) is 16.0 Å². The number of carbonyl (C=O) groups is 3. The molecule has 1 N–H and O–H groups in total. The summed E-state index contributed by atoms with van der Waals surface area (Å²) in [6.07, 6.45) is 5.75. The van der Waals surface area contributed by atoms with Gasteiger partial charge in [0.2, 0.25) is 0 Å². The lowest BCUT2D eigenvalue weighted by Crippen LogP contribution is -2.27. The first-order valence-corrected chi connectivity index (χ1v) is 15.4. The lowest BCUT2D eigenvalue weighted by atomic mass is 9.95. The number of carbonyl (C=O) groups excluding carboxylic acids is 3. The molecule has 0 spiro atoms. The third-order valence-electron chi connectivity index (χ3n) is 7.71. The van der Waals surface area contributed by atoms with E-state index < -0.39 is 0 Å². The van der Waals surface area contributed by atoms with Gasteiger partial charge in [-0.3, -0.25) is 19.3 Å². The van der Waals surface area contributed by atoms with E-state index in [9.17, 15) is 19.6 Å². The summed E-state index contributed by atoms with van der Waals surface area (Å²) in [7, 11) is 0. The quantitative estimate of drug-likeness (QED) is 0.236. The van der Waals surface area contributed by atoms with Gasteiger partial charge in [-0.2, -0.15) is 5.26 Å². The van der Waals surface area contributed by atoms with Gasteiger partial charge in [-0.15, -0.1) is 11.3 Å². The molecule has 4 aromatic rings. The third-order valence-corrected chi connectivity index (χ3v) is 9.90. The molecule has 0 saturated carbocycles. The third kappa shape index (κ3) is 5.08. The average Bonchev–Trinajstić information content (AvgIpc) is 3.59. The molecule has 0 radical (unpaired) electrons. The van der Waals surface area contributed by atoms with Gasteiger partial charge in [0.25, 0.3) is 17.1 Å². The Hall–Kier alpha value is -4.39. The molecule has 9 heteroatoms. The molecule has 3 amide bonds. The molecule has 3 heterocycles. The molecule has 2 aromatic heterocycles. The van der Waals surface area contributed by atoms with Crippen LogP contribution in [0.5, 0.6) is 0 Å². The van der Waals surface area contributed by atoms with Crippen LogP contribution < -0.4 is 5.32 Å². The number of thioether (sulfide) groups is 1. The van der Waals surface area contributed by atoms with Crippen LogP contribution in [0.2, 0.25) is 0 Å². The second-order valence-corrected chi connectivity index (χ2v) is 12.5. The molecule has 210 valence electrons. The summed E-state index contributed by atoms with van der Waals surface area (Å²) in [5, 5.41) is 13.0. The minimum Gasteiger partial charge on any atom is -0.322 e. The number of benzene rings is 2. The van der Waals surface area contributed by atoms with E-state index in [1.165, 1.54) is 9.78 Å². The maximum Gasteiger partial charge on any atom is 0.293 e. The molecule has 42 heavy (non-hydrogen) atoms. The smallest absolute Gasteiger partial charge is 0.293 e. The number of imide groups is 1. The normalized spacial score (nSPS) is 15.6. The SMILES string of the molecule is Cc1cc(/C=C2/SC(=O)N(Cc3ccccc3C#N)C2=O)c(C)n1-c1sc2c(c1C(=O)Nc1ccccc1)CCCC2. The molecule has 0 unspecified atom stereocenters. The first-order chi connectivity index (χ1) is 20.4. The number of rotatable bonds is 6. The fourth-order valence-electron chi connectivity index (χ4n) is 5.62. The zero-order valence-electron chi connectivity index (χ0n) is 23.3. The van der Waals surface area contributed by atoms with Crippen LogP contribution in [0.1, 0.15) is 61.7 Å². The predicted molar refractivity (Wildman–Crippen MR) is 167 cm³/mol. The maximum atomic E-state index is 13.7. The van der Waals surface area contributed by atoms with E-state index in [1.807, 2.05) is 50.2 Å². The van der Waals surface area contributed by atoms with Crippen molar-refractivity contribution in [3.63, 3.8) is 0 Å². The van der Waals surface area contributed by atoms with Crippen LogP contribution in [0, 0.1) is 25.2 Å². The van der Waals surface area contributed by atoms with Crippen LogP contribution >= 0.6 is 23.1 Å². The zero-order valence-corrected chi connectivity index (χ0v) is 24.9. The van der Waals surface area contributed by atoms with Crippen molar-refractivity contribution in [3.05, 3.63) is 110 Å². The second-order valence-electron chi connectivity index (χ2n) is 10.4. The largest absolute Gasteiger partial charge is 0.322 e. The highest BCUT2D eigenvalue weighted by Gasteiger charge is 2.36. The Morgan fingerprint density at radius 1 is 1.05 bits per heavy atom. The first kappa shape index (κ1) is 27.8. The molecule has 2 aromatic carbocycles. The minimum absolute atomic E-state index is 0.0470. The van der Waals surface area contributed by atoms with E-state index in [1.54, 1.807) is 41.7 Å². The van der Waals surface area contributed by atoms with Gasteiger partial charge in [-0.05, 0) is 98.3 Å². The highest BCUT2D eigenvalue weighted by Crippen LogP contribution is 2.40. The molecule has 1 saturated heterocycles. The number of fused-ring (bicyclic) bond motifs is 1. The van der Waals surface area contributed by atoms with Crippen molar-refractivity contribution in [2.24, 2.45) is 0 Å². The minimum atomic E-state index is -0.378. The number of nitriles is 1. The van der Waals surface area contributed by atoms with Crippen LogP contribution in [0.25, 0.3) is 11.1 Å². The molecular weight excluding hydrogens is 565 g/mol. The highest BCUT2D eigenvalue weighted by molar-refractivity contribution is 8.18. The summed E-state index contributed by atoms with van der Waals surface area (Å²) in [5.74, 6) is -0.500. The monoisotopic (exact) mass is 592 g/mol. The number of aromatic nitrogens is 1. The summed E-state index contributed by atoms with van der Waals surface area (Å²) in [5.41, 5.74) is 6.30. The Balaban J connectivity index is 1.35. The predicted octanol–water partition coefficient (Wildman–Crippen LogP) is 7.39. The number of amides is 3.